The van der Waals surface area contributed by atoms with E-state index in [1.54, 1.807) is 30.6 Å². The van der Waals surface area contributed by atoms with Crippen LogP contribution in [-0.2, 0) is 16.6 Å². The maximum Gasteiger partial charge on any atom is 0.235 e. The molecule has 1 heterocycles. The molecule has 0 aliphatic heterocycles. The Kier molecular flexibility index (Phi) is 10.0. The van der Waals surface area contributed by atoms with Crippen LogP contribution in [0.15, 0.2) is 42.7 Å². The number of alkyl halides is 1. The summed E-state index contributed by atoms with van der Waals surface area (Å²) in [5.41, 5.74) is 1.33. The summed E-state index contributed by atoms with van der Waals surface area (Å²) in [7, 11) is -3.56. The molecule has 0 saturated carbocycles. The molecule has 0 N–H and O–H groups in total. The highest BCUT2D eigenvalue weighted by Gasteiger charge is 2.25. The summed E-state index contributed by atoms with van der Waals surface area (Å²) in [5.74, 6) is 0.988. The number of rotatable bonds is 13. The molecule has 1 aromatic carbocycles. The molecule has 0 aliphatic carbocycles. The van der Waals surface area contributed by atoms with Gasteiger partial charge in [-0.1, -0.05) is 37.8 Å². The quantitative estimate of drug-likeness (QED) is 0.287. The summed E-state index contributed by atoms with van der Waals surface area (Å²) in [6, 6.07) is 8.64. The normalized spacial score (nSPS) is 11.4. The maximum absolute atomic E-state index is 13.3. The number of benzene rings is 1. The standard InChI is InChI=1S/C21H28Cl2N2O3S/c1-2-3-4-5-15-29(26,27)25(17-18-9-12-24-13-10-18)20-8-7-19(23)16-21(20)28-14-6-11-22/h7-10,12-13,16H,2-6,11,14-15,17H2,1H3. The number of pyridine rings is 1. The third-order valence-corrected chi connectivity index (χ3v) is 6.70. The van der Waals surface area contributed by atoms with E-state index in [1.165, 1.54) is 4.31 Å². The molecule has 0 bridgehead atoms. The predicted molar refractivity (Wildman–Crippen MR) is 121 cm³/mol. The van der Waals surface area contributed by atoms with Gasteiger partial charge in [-0.3, -0.25) is 9.29 Å². The highest BCUT2D eigenvalue weighted by Crippen LogP contribution is 2.34. The predicted octanol–water partition coefficient (Wildman–Crippen LogP) is 5.66. The molecule has 1 aromatic heterocycles. The zero-order chi connectivity index (χ0) is 21.1. The van der Waals surface area contributed by atoms with Crippen molar-refractivity contribution in [2.75, 3.05) is 22.5 Å². The van der Waals surface area contributed by atoms with Crippen LogP contribution < -0.4 is 9.04 Å². The van der Waals surface area contributed by atoms with Crippen molar-refractivity contribution in [1.82, 2.24) is 4.98 Å². The Labute approximate surface area is 184 Å². The second kappa shape index (κ2) is 12.3. The molecule has 0 unspecified atom stereocenters. The Morgan fingerprint density at radius 1 is 1.07 bits per heavy atom. The van der Waals surface area contributed by atoms with E-state index in [-0.39, 0.29) is 12.3 Å². The first-order valence-electron chi connectivity index (χ1n) is 9.85. The summed E-state index contributed by atoms with van der Waals surface area (Å²) in [4.78, 5) is 4.01. The van der Waals surface area contributed by atoms with Gasteiger partial charge in [0.1, 0.15) is 5.75 Å². The third kappa shape index (κ3) is 7.68. The minimum atomic E-state index is -3.56. The summed E-state index contributed by atoms with van der Waals surface area (Å²) >= 11 is 11.9. The number of aromatic nitrogens is 1. The number of anilines is 1. The second-order valence-electron chi connectivity index (χ2n) is 6.74. The fourth-order valence-corrected chi connectivity index (χ4v) is 4.71. The van der Waals surface area contributed by atoms with Crippen LogP contribution in [0, 0.1) is 0 Å². The van der Waals surface area contributed by atoms with E-state index in [0.717, 1.165) is 24.8 Å². The van der Waals surface area contributed by atoms with Crippen molar-refractivity contribution < 1.29 is 13.2 Å². The highest BCUT2D eigenvalue weighted by atomic mass is 35.5. The van der Waals surface area contributed by atoms with Gasteiger partial charge in [0.05, 0.1) is 24.6 Å². The molecule has 0 spiro atoms. The van der Waals surface area contributed by atoms with Crippen LogP contribution in [0.3, 0.4) is 0 Å². The average Bonchev–Trinajstić information content (AvgIpc) is 2.71. The number of nitrogens with zero attached hydrogens (tertiary/aromatic N) is 2. The van der Waals surface area contributed by atoms with Crippen LogP contribution in [0.5, 0.6) is 5.75 Å². The molecule has 2 rings (SSSR count). The topological polar surface area (TPSA) is 59.5 Å². The Balaban J connectivity index is 2.36. The lowest BCUT2D eigenvalue weighted by molar-refractivity contribution is 0.319. The van der Waals surface area contributed by atoms with Crippen molar-refractivity contribution in [3.8, 4) is 5.75 Å². The smallest absolute Gasteiger partial charge is 0.235 e. The third-order valence-electron chi connectivity index (χ3n) is 4.39. The van der Waals surface area contributed by atoms with E-state index in [4.69, 9.17) is 27.9 Å². The number of ether oxygens (including phenoxy) is 1. The molecule has 0 fully saturated rings. The van der Waals surface area contributed by atoms with Gasteiger partial charge < -0.3 is 4.74 Å². The lowest BCUT2D eigenvalue weighted by Crippen LogP contribution is -2.33. The van der Waals surface area contributed by atoms with Crippen molar-refractivity contribution >= 4 is 38.9 Å². The van der Waals surface area contributed by atoms with Gasteiger partial charge in [0.2, 0.25) is 10.0 Å². The van der Waals surface area contributed by atoms with Crippen molar-refractivity contribution in [2.45, 2.75) is 45.6 Å². The van der Waals surface area contributed by atoms with Gasteiger partial charge in [-0.15, -0.1) is 11.6 Å². The van der Waals surface area contributed by atoms with E-state index in [1.807, 2.05) is 12.1 Å². The fraction of sp³-hybridized carbons (Fsp3) is 0.476. The molecular formula is C21H28Cl2N2O3S. The van der Waals surface area contributed by atoms with Crippen molar-refractivity contribution in [3.63, 3.8) is 0 Å². The molecule has 5 nitrogen and oxygen atoms in total. The summed E-state index contributed by atoms with van der Waals surface area (Å²) in [6.45, 7) is 2.69. The zero-order valence-corrected chi connectivity index (χ0v) is 19.0. The van der Waals surface area contributed by atoms with Gasteiger partial charge in [-0.2, -0.15) is 0 Å². The lowest BCUT2D eigenvalue weighted by Gasteiger charge is -2.27. The van der Waals surface area contributed by atoms with Gasteiger partial charge in [-0.25, -0.2) is 8.42 Å². The maximum atomic E-state index is 13.3. The van der Waals surface area contributed by atoms with E-state index >= 15 is 0 Å². The zero-order valence-electron chi connectivity index (χ0n) is 16.7. The molecule has 0 amide bonds. The SMILES string of the molecule is CCCCCCS(=O)(=O)N(Cc1ccncc1)c1ccc(Cl)cc1OCCCCl. The van der Waals surface area contributed by atoms with E-state index in [9.17, 15) is 8.42 Å². The Hall–Kier alpha value is -1.50. The molecule has 0 aliphatic rings. The molecule has 0 saturated heterocycles. The van der Waals surface area contributed by atoms with Crippen molar-refractivity contribution in [3.05, 3.63) is 53.3 Å². The lowest BCUT2D eigenvalue weighted by atomic mass is 10.2. The molecule has 160 valence electrons. The number of sulfonamides is 1. The molecule has 8 heteroatoms. The Morgan fingerprint density at radius 3 is 2.52 bits per heavy atom. The number of hydrogen-bond donors (Lipinski definition) is 0. The number of halogens is 2. The van der Waals surface area contributed by atoms with E-state index < -0.39 is 10.0 Å². The monoisotopic (exact) mass is 458 g/mol. The number of hydrogen-bond acceptors (Lipinski definition) is 4. The largest absolute Gasteiger partial charge is 0.491 e. The fourth-order valence-electron chi connectivity index (χ4n) is 2.86. The molecule has 2 aromatic rings. The van der Waals surface area contributed by atoms with Gasteiger partial charge in [0, 0.05) is 29.4 Å². The van der Waals surface area contributed by atoms with Crippen LogP contribution in [0.4, 0.5) is 5.69 Å². The second-order valence-corrected chi connectivity index (χ2v) is 9.57. The first-order valence-corrected chi connectivity index (χ1v) is 12.4. The van der Waals surface area contributed by atoms with Crippen LogP contribution in [0.2, 0.25) is 5.02 Å². The van der Waals surface area contributed by atoms with Gasteiger partial charge in [0.25, 0.3) is 0 Å². The first kappa shape index (κ1) is 23.8. The van der Waals surface area contributed by atoms with Crippen LogP contribution >= 0.6 is 23.2 Å². The van der Waals surface area contributed by atoms with E-state index in [0.29, 0.717) is 41.8 Å². The molecular weight excluding hydrogens is 431 g/mol. The summed E-state index contributed by atoms with van der Waals surface area (Å²) in [5, 5.41) is 0.485. The van der Waals surface area contributed by atoms with Crippen molar-refractivity contribution in [1.29, 1.82) is 0 Å². The van der Waals surface area contributed by atoms with Gasteiger partial charge in [0.15, 0.2) is 0 Å². The average molecular weight is 459 g/mol. The highest BCUT2D eigenvalue weighted by molar-refractivity contribution is 7.92. The van der Waals surface area contributed by atoms with Gasteiger partial charge in [-0.05, 0) is 42.7 Å². The molecule has 0 atom stereocenters. The van der Waals surface area contributed by atoms with Crippen LogP contribution in [0.25, 0.3) is 0 Å². The molecule has 29 heavy (non-hydrogen) atoms. The van der Waals surface area contributed by atoms with Crippen molar-refractivity contribution in [2.24, 2.45) is 0 Å². The minimum absolute atomic E-state index is 0.0851. The van der Waals surface area contributed by atoms with Crippen LogP contribution in [0.1, 0.15) is 44.6 Å². The Morgan fingerprint density at radius 2 is 1.83 bits per heavy atom. The van der Waals surface area contributed by atoms with E-state index in [2.05, 4.69) is 11.9 Å². The molecule has 0 radical (unpaired) electrons. The number of unbranched alkanes of at least 4 members (excludes halogenated alkanes) is 3. The summed E-state index contributed by atoms with van der Waals surface area (Å²) < 4.78 is 33.8. The first-order chi connectivity index (χ1) is 14.0. The van der Waals surface area contributed by atoms with Crippen LogP contribution in [-0.4, -0.2) is 31.6 Å². The minimum Gasteiger partial charge on any atom is -0.491 e. The summed E-state index contributed by atoms with van der Waals surface area (Å²) in [6.07, 6.45) is 7.55. The van der Waals surface area contributed by atoms with Gasteiger partial charge >= 0.3 is 0 Å². The Bertz CT molecular complexity index is 848.